The lowest BCUT2D eigenvalue weighted by molar-refractivity contribution is -0.167. The molecule has 0 spiro atoms. The van der Waals surface area contributed by atoms with Gasteiger partial charge in [-0.15, -0.1) is 0 Å². The number of hydrogen-bond acceptors (Lipinski definition) is 6. The van der Waals surface area contributed by atoms with Crippen LogP contribution in [-0.4, -0.2) is 37.2 Å². The number of carbonyl (C=O) groups excluding carboxylic acids is 3. The molecule has 0 amide bonds. The summed E-state index contributed by atoms with van der Waals surface area (Å²) in [5, 5.41) is 0. The van der Waals surface area contributed by atoms with Crippen LogP contribution in [0.4, 0.5) is 0 Å². The van der Waals surface area contributed by atoms with Gasteiger partial charge in [0.15, 0.2) is 6.10 Å². The molecule has 0 aromatic heterocycles. The molecule has 0 aliphatic carbocycles. The van der Waals surface area contributed by atoms with E-state index in [4.69, 9.17) is 14.2 Å². The van der Waals surface area contributed by atoms with Crippen molar-refractivity contribution in [3.05, 3.63) is 72.9 Å². The van der Waals surface area contributed by atoms with Crippen molar-refractivity contribution in [1.82, 2.24) is 0 Å². The van der Waals surface area contributed by atoms with Crippen molar-refractivity contribution in [2.75, 3.05) is 13.2 Å². The van der Waals surface area contributed by atoms with Gasteiger partial charge in [-0.1, -0.05) is 344 Å². The van der Waals surface area contributed by atoms with Crippen LogP contribution in [-0.2, 0) is 28.6 Å². The second-order valence-corrected chi connectivity index (χ2v) is 24.1. The number of allylic oxidation sites excluding steroid dienone is 12. The van der Waals surface area contributed by atoms with Crippen molar-refractivity contribution in [3.63, 3.8) is 0 Å². The zero-order valence-electron chi connectivity index (χ0n) is 54.8. The maximum atomic E-state index is 12.9. The molecule has 0 N–H and O–H groups in total. The van der Waals surface area contributed by atoms with E-state index in [1.54, 1.807) is 0 Å². The van der Waals surface area contributed by atoms with Crippen LogP contribution >= 0.6 is 0 Å². The van der Waals surface area contributed by atoms with Gasteiger partial charge >= 0.3 is 17.9 Å². The third-order valence-electron chi connectivity index (χ3n) is 15.9. The Hall–Kier alpha value is -3.15. The Balaban J connectivity index is 4.08. The molecule has 0 heterocycles. The van der Waals surface area contributed by atoms with Crippen molar-refractivity contribution in [2.24, 2.45) is 0 Å². The van der Waals surface area contributed by atoms with E-state index in [0.29, 0.717) is 19.3 Å². The van der Waals surface area contributed by atoms with E-state index in [2.05, 4.69) is 93.7 Å². The third kappa shape index (κ3) is 67.6. The van der Waals surface area contributed by atoms with Crippen molar-refractivity contribution >= 4 is 17.9 Å². The van der Waals surface area contributed by atoms with Gasteiger partial charge in [-0.2, -0.15) is 0 Å². The largest absolute Gasteiger partial charge is 0.462 e. The van der Waals surface area contributed by atoms with Crippen LogP contribution in [0.3, 0.4) is 0 Å². The fraction of sp³-hybridized carbons (Fsp3) is 0.803. The van der Waals surface area contributed by atoms with Crippen LogP contribution in [0.1, 0.15) is 374 Å². The SMILES string of the molecule is CC/C=C\C/C=C\C/C=C\C/C=C\CCCCCCCCCCCCCCCCCCCCCCCCC(=O)OCC(COC(=O)CCCCCCC/C=C\C/C=C\CCC)OC(=O)CCCCCCCCCCCCCCCCCC. The summed E-state index contributed by atoms with van der Waals surface area (Å²) in [6.45, 7) is 6.51. The molecular weight excluding hydrogens is 1010 g/mol. The zero-order valence-corrected chi connectivity index (χ0v) is 54.8. The number of rotatable bonds is 66. The summed E-state index contributed by atoms with van der Waals surface area (Å²) in [5.74, 6) is -0.864. The minimum atomic E-state index is -0.777. The van der Waals surface area contributed by atoms with Crippen LogP contribution in [0.5, 0.6) is 0 Å². The summed E-state index contributed by atoms with van der Waals surface area (Å²) in [7, 11) is 0. The molecule has 82 heavy (non-hydrogen) atoms. The van der Waals surface area contributed by atoms with E-state index < -0.39 is 6.10 Å². The van der Waals surface area contributed by atoms with Gasteiger partial charge in [-0.05, 0) is 83.5 Å². The zero-order chi connectivity index (χ0) is 59.2. The van der Waals surface area contributed by atoms with E-state index >= 15 is 0 Å². The summed E-state index contributed by atoms with van der Waals surface area (Å²) in [4.78, 5) is 38.4. The number of carbonyl (C=O) groups is 3. The van der Waals surface area contributed by atoms with E-state index in [1.807, 2.05) is 0 Å². The number of esters is 3. The lowest BCUT2D eigenvalue weighted by atomic mass is 10.0. The second-order valence-electron chi connectivity index (χ2n) is 24.1. The molecule has 1 unspecified atom stereocenters. The molecule has 0 aromatic carbocycles. The molecule has 0 saturated heterocycles. The first-order valence-corrected chi connectivity index (χ1v) is 35.9. The Morgan fingerprint density at radius 1 is 0.256 bits per heavy atom. The molecule has 0 aliphatic heterocycles. The average Bonchev–Trinajstić information content (AvgIpc) is 3.47. The van der Waals surface area contributed by atoms with E-state index in [9.17, 15) is 14.4 Å². The minimum absolute atomic E-state index is 0.0733. The van der Waals surface area contributed by atoms with Crippen LogP contribution in [0.15, 0.2) is 72.9 Å². The summed E-state index contributed by atoms with van der Waals surface area (Å²) >= 11 is 0. The quantitative estimate of drug-likeness (QED) is 0.0261. The number of ether oxygens (including phenoxy) is 3. The molecule has 0 radical (unpaired) electrons. The van der Waals surface area contributed by atoms with E-state index in [-0.39, 0.29) is 31.1 Å². The summed E-state index contributed by atoms with van der Waals surface area (Å²) < 4.78 is 17.0. The van der Waals surface area contributed by atoms with E-state index in [1.165, 1.54) is 225 Å². The van der Waals surface area contributed by atoms with Crippen molar-refractivity contribution in [3.8, 4) is 0 Å². The molecular formula is C76H136O6. The lowest BCUT2D eigenvalue weighted by Crippen LogP contribution is -2.30. The standard InChI is InChI=1S/C76H136O6/c1-4-7-10-13-16-19-22-25-27-29-30-31-32-33-34-35-36-37-38-39-40-41-42-43-44-45-46-47-49-51-54-57-60-63-66-69-75(78)81-72-73(71-80-74(77)68-65-62-59-56-53-50-24-21-18-15-12-9-6-3)82-76(79)70-67-64-61-58-55-52-48-28-26-23-20-17-14-11-8-5-2/h7,10,12,15-16,19,21,24-25,27,30-31,73H,4-6,8-9,11,13-14,17-18,20,22-23,26,28-29,32-72H2,1-3H3/b10-7-,15-12-,19-16-,24-21-,27-25-,31-30-. The maximum Gasteiger partial charge on any atom is 0.306 e. The van der Waals surface area contributed by atoms with Crippen LogP contribution < -0.4 is 0 Å². The molecule has 6 heteroatoms. The Morgan fingerprint density at radius 2 is 0.500 bits per heavy atom. The molecule has 0 aliphatic rings. The molecule has 0 saturated carbocycles. The predicted molar refractivity (Wildman–Crippen MR) is 358 cm³/mol. The first-order chi connectivity index (χ1) is 40.5. The highest BCUT2D eigenvalue weighted by Crippen LogP contribution is 2.18. The Bertz CT molecular complexity index is 1500. The lowest BCUT2D eigenvalue weighted by Gasteiger charge is -2.18. The first kappa shape index (κ1) is 78.8. The van der Waals surface area contributed by atoms with Gasteiger partial charge in [0.05, 0.1) is 0 Å². The fourth-order valence-corrected chi connectivity index (χ4v) is 10.6. The molecule has 6 nitrogen and oxygen atoms in total. The maximum absolute atomic E-state index is 12.9. The smallest absolute Gasteiger partial charge is 0.306 e. The van der Waals surface area contributed by atoms with Gasteiger partial charge < -0.3 is 14.2 Å². The van der Waals surface area contributed by atoms with Crippen LogP contribution in [0.2, 0.25) is 0 Å². The van der Waals surface area contributed by atoms with Gasteiger partial charge in [0.25, 0.3) is 0 Å². The minimum Gasteiger partial charge on any atom is -0.462 e. The Labute approximate surface area is 510 Å². The Morgan fingerprint density at radius 3 is 0.793 bits per heavy atom. The molecule has 1 atom stereocenters. The van der Waals surface area contributed by atoms with E-state index in [0.717, 1.165) is 109 Å². The van der Waals surface area contributed by atoms with Crippen LogP contribution in [0.25, 0.3) is 0 Å². The first-order valence-electron chi connectivity index (χ1n) is 35.9. The van der Waals surface area contributed by atoms with Gasteiger partial charge in [0, 0.05) is 19.3 Å². The highest BCUT2D eigenvalue weighted by Gasteiger charge is 2.19. The topological polar surface area (TPSA) is 78.9 Å². The summed E-state index contributed by atoms with van der Waals surface area (Å²) in [6.07, 6.45) is 92.4. The fourth-order valence-electron chi connectivity index (χ4n) is 10.6. The van der Waals surface area contributed by atoms with Crippen molar-refractivity contribution < 1.29 is 28.6 Å². The van der Waals surface area contributed by atoms with Gasteiger partial charge in [-0.3, -0.25) is 14.4 Å². The predicted octanol–water partition coefficient (Wildman–Crippen LogP) is 24.8. The molecule has 0 aromatic rings. The molecule has 0 rings (SSSR count). The van der Waals surface area contributed by atoms with Gasteiger partial charge in [0.2, 0.25) is 0 Å². The number of unbranched alkanes of at least 4 members (excludes halogenated alkanes) is 43. The summed E-state index contributed by atoms with van der Waals surface area (Å²) in [6, 6.07) is 0. The normalized spacial score (nSPS) is 12.5. The molecule has 0 fully saturated rings. The third-order valence-corrected chi connectivity index (χ3v) is 15.9. The molecule has 476 valence electrons. The highest BCUT2D eigenvalue weighted by molar-refractivity contribution is 5.71. The average molecular weight is 1150 g/mol. The van der Waals surface area contributed by atoms with Crippen molar-refractivity contribution in [1.29, 1.82) is 0 Å². The van der Waals surface area contributed by atoms with Gasteiger partial charge in [0.1, 0.15) is 13.2 Å². The van der Waals surface area contributed by atoms with Crippen LogP contribution in [0, 0.1) is 0 Å². The highest BCUT2D eigenvalue weighted by atomic mass is 16.6. The monoisotopic (exact) mass is 1150 g/mol. The number of hydrogen-bond donors (Lipinski definition) is 0. The van der Waals surface area contributed by atoms with Gasteiger partial charge in [-0.25, -0.2) is 0 Å². The summed E-state index contributed by atoms with van der Waals surface area (Å²) in [5.41, 5.74) is 0. The second kappa shape index (κ2) is 70.3. The Kier molecular flexibility index (Phi) is 67.6. The molecule has 0 bridgehead atoms. The van der Waals surface area contributed by atoms with Crippen molar-refractivity contribution in [2.45, 2.75) is 380 Å².